The molecule has 0 bridgehead atoms. The highest BCUT2D eigenvalue weighted by Gasteiger charge is 2.38. The molecule has 0 saturated carbocycles. The van der Waals surface area contributed by atoms with Crippen LogP contribution in [0, 0.1) is 0 Å². The van der Waals surface area contributed by atoms with Crippen molar-refractivity contribution in [3.63, 3.8) is 0 Å². The average Bonchev–Trinajstić information content (AvgIpc) is 3.03. The van der Waals surface area contributed by atoms with Gasteiger partial charge in [0.15, 0.2) is 5.72 Å². The first-order chi connectivity index (χ1) is 13.7. The standard InChI is InChI=1S/C21H26ClN3O3S/c1-2-3-4-5-14-21(26)15-25(18-10-8-17(22)9-11-18)20(24-21)16-6-12-19(13-7-16)29(23,27)28/h6-13,26H,2-5,14-15H2,1H3,(H2,23,27,28). The maximum atomic E-state index is 11.5. The predicted octanol–water partition coefficient (Wildman–Crippen LogP) is 3.91. The molecule has 3 N–H and O–H groups in total. The van der Waals surface area contributed by atoms with Crippen molar-refractivity contribution in [2.45, 2.75) is 49.6 Å². The molecule has 2 aromatic carbocycles. The first-order valence-electron chi connectivity index (χ1n) is 9.70. The van der Waals surface area contributed by atoms with Crippen LogP contribution in [0.25, 0.3) is 0 Å². The number of halogens is 1. The number of unbranched alkanes of at least 4 members (excludes halogenated alkanes) is 3. The largest absolute Gasteiger partial charge is 0.368 e. The van der Waals surface area contributed by atoms with Crippen LogP contribution in [0.15, 0.2) is 58.4 Å². The van der Waals surface area contributed by atoms with Crippen LogP contribution in [0.1, 0.15) is 44.6 Å². The first-order valence-corrected chi connectivity index (χ1v) is 11.6. The number of hydrogen-bond acceptors (Lipinski definition) is 5. The summed E-state index contributed by atoms with van der Waals surface area (Å²) in [4.78, 5) is 6.61. The molecule has 0 amide bonds. The number of primary sulfonamides is 1. The Balaban J connectivity index is 1.93. The lowest BCUT2D eigenvalue weighted by Gasteiger charge is -2.24. The summed E-state index contributed by atoms with van der Waals surface area (Å²) in [5.74, 6) is 0.589. The molecule has 1 heterocycles. The molecule has 0 radical (unpaired) electrons. The molecular formula is C21H26ClN3O3S. The third-order valence-electron chi connectivity index (χ3n) is 4.99. The number of aliphatic hydroxyl groups is 1. The Bertz CT molecular complexity index is 975. The summed E-state index contributed by atoms with van der Waals surface area (Å²) in [7, 11) is -3.77. The highest BCUT2D eigenvalue weighted by molar-refractivity contribution is 7.89. The monoisotopic (exact) mass is 435 g/mol. The summed E-state index contributed by atoms with van der Waals surface area (Å²) in [5, 5.41) is 16.9. The second-order valence-electron chi connectivity index (χ2n) is 7.36. The van der Waals surface area contributed by atoms with Crippen LogP contribution in [0.2, 0.25) is 5.02 Å². The smallest absolute Gasteiger partial charge is 0.238 e. The molecule has 6 nitrogen and oxygen atoms in total. The van der Waals surface area contributed by atoms with Crippen LogP contribution in [-0.2, 0) is 10.0 Å². The zero-order valence-electron chi connectivity index (χ0n) is 16.4. The Morgan fingerprint density at radius 2 is 1.76 bits per heavy atom. The van der Waals surface area contributed by atoms with Crippen LogP contribution >= 0.6 is 11.6 Å². The number of anilines is 1. The molecule has 0 spiro atoms. The van der Waals surface area contributed by atoms with Gasteiger partial charge in [-0.3, -0.25) is 0 Å². The van der Waals surface area contributed by atoms with Crippen LogP contribution in [0.4, 0.5) is 5.69 Å². The van der Waals surface area contributed by atoms with E-state index < -0.39 is 15.7 Å². The third kappa shape index (κ3) is 5.36. The molecule has 3 rings (SSSR count). The molecule has 0 saturated heterocycles. The van der Waals surface area contributed by atoms with Gasteiger partial charge in [0.2, 0.25) is 10.0 Å². The van der Waals surface area contributed by atoms with Crippen molar-refractivity contribution in [2.24, 2.45) is 10.1 Å². The molecule has 1 aliphatic rings. The molecule has 0 aliphatic carbocycles. The number of rotatable bonds is 8. The van der Waals surface area contributed by atoms with E-state index in [1.54, 1.807) is 24.3 Å². The molecule has 2 aromatic rings. The fraction of sp³-hybridized carbons (Fsp3) is 0.381. The Labute approximate surface area is 177 Å². The van der Waals surface area contributed by atoms with Crippen molar-refractivity contribution in [3.8, 4) is 0 Å². The Kier molecular flexibility index (Phi) is 6.63. The van der Waals surface area contributed by atoms with Crippen LogP contribution in [0.5, 0.6) is 0 Å². The van der Waals surface area contributed by atoms with E-state index in [1.807, 2.05) is 17.0 Å². The van der Waals surface area contributed by atoms with Gasteiger partial charge < -0.3 is 10.0 Å². The predicted molar refractivity (Wildman–Crippen MR) is 117 cm³/mol. The molecule has 1 aliphatic heterocycles. The lowest BCUT2D eigenvalue weighted by atomic mass is 10.0. The molecule has 29 heavy (non-hydrogen) atoms. The minimum absolute atomic E-state index is 0.0349. The minimum atomic E-state index is -3.77. The maximum Gasteiger partial charge on any atom is 0.238 e. The zero-order valence-corrected chi connectivity index (χ0v) is 18.0. The van der Waals surface area contributed by atoms with Crippen molar-refractivity contribution in [1.29, 1.82) is 0 Å². The summed E-state index contributed by atoms with van der Waals surface area (Å²) >= 11 is 6.02. The Morgan fingerprint density at radius 3 is 2.34 bits per heavy atom. The molecule has 0 aromatic heterocycles. The summed E-state index contributed by atoms with van der Waals surface area (Å²) < 4.78 is 23.1. The van der Waals surface area contributed by atoms with Gasteiger partial charge in [0.05, 0.1) is 11.4 Å². The number of hydrogen-bond donors (Lipinski definition) is 2. The van der Waals surface area contributed by atoms with E-state index in [1.165, 1.54) is 12.1 Å². The lowest BCUT2D eigenvalue weighted by Crippen LogP contribution is -2.36. The quantitative estimate of drug-likeness (QED) is 0.614. The number of nitrogens with zero attached hydrogens (tertiary/aromatic N) is 2. The maximum absolute atomic E-state index is 11.5. The number of benzene rings is 2. The van der Waals surface area contributed by atoms with E-state index in [-0.39, 0.29) is 4.90 Å². The molecule has 1 atom stereocenters. The average molecular weight is 436 g/mol. The SMILES string of the molecule is CCCCCCC1(O)CN(c2ccc(Cl)cc2)C(c2ccc(S(N)(=O)=O)cc2)=N1. The normalized spacial score (nSPS) is 19.4. The topological polar surface area (TPSA) is 96.0 Å². The molecule has 156 valence electrons. The summed E-state index contributed by atoms with van der Waals surface area (Å²) in [6.45, 7) is 2.47. The summed E-state index contributed by atoms with van der Waals surface area (Å²) in [6.07, 6.45) is 4.76. The molecule has 0 fully saturated rings. The second-order valence-corrected chi connectivity index (χ2v) is 9.36. The highest BCUT2D eigenvalue weighted by Crippen LogP contribution is 2.32. The number of sulfonamides is 1. The minimum Gasteiger partial charge on any atom is -0.368 e. The number of nitrogens with two attached hydrogens (primary N) is 1. The van der Waals surface area contributed by atoms with E-state index >= 15 is 0 Å². The fourth-order valence-corrected chi connectivity index (χ4v) is 4.08. The number of aliphatic imine (C=N–C) groups is 1. The van der Waals surface area contributed by atoms with Gasteiger partial charge in [-0.05, 0) is 61.4 Å². The van der Waals surface area contributed by atoms with Gasteiger partial charge in [-0.2, -0.15) is 0 Å². The summed E-state index contributed by atoms with van der Waals surface area (Å²) in [5.41, 5.74) is 0.367. The lowest BCUT2D eigenvalue weighted by molar-refractivity contribution is 0.0552. The number of β-amino-alcohol motifs (C(OH)–C–C–N with tert-alkyl or cyclic N) is 1. The van der Waals surface area contributed by atoms with Crippen molar-refractivity contribution >= 4 is 33.1 Å². The van der Waals surface area contributed by atoms with E-state index in [0.29, 0.717) is 29.4 Å². The van der Waals surface area contributed by atoms with E-state index in [4.69, 9.17) is 16.7 Å². The van der Waals surface area contributed by atoms with Gasteiger partial charge in [-0.1, -0.05) is 37.8 Å². The first kappa shape index (κ1) is 21.8. The van der Waals surface area contributed by atoms with E-state index in [2.05, 4.69) is 11.9 Å². The third-order valence-corrected chi connectivity index (χ3v) is 6.17. The fourth-order valence-electron chi connectivity index (χ4n) is 3.44. The Hall–Kier alpha value is -1.93. The van der Waals surface area contributed by atoms with Crippen LogP contribution in [0.3, 0.4) is 0 Å². The van der Waals surface area contributed by atoms with Gasteiger partial charge in [-0.25, -0.2) is 18.5 Å². The molecule has 8 heteroatoms. The van der Waals surface area contributed by atoms with Gasteiger partial charge in [-0.15, -0.1) is 0 Å². The van der Waals surface area contributed by atoms with Crippen LogP contribution < -0.4 is 10.0 Å². The van der Waals surface area contributed by atoms with Gasteiger partial charge in [0.1, 0.15) is 5.84 Å². The second kappa shape index (κ2) is 8.83. The zero-order chi connectivity index (χ0) is 21.1. The van der Waals surface area contributed by atoms with E-state index in [0.717, 1.165) is 31.4 Å². The van der Waals surface area contributed by atoms with Crippen molar-refractivity contribution in [3.05, 3.63) is 59.1 Å². The van der Waals surface area contributed by atoms with Gasteiger partial charge >= 0.3 is 0 Å². The van der Waals surface area contributed by atoms with E-state index in [9.17, 15) is 13.5 Å². The van der Waals surface area contributed by atoms with Gasteiger partial charge in [0.25, 0.3) is 0 Å². The van der Waals surface area contributed by atoms with Crippen molar-refractivity contribution < 1.29 is 13.5 Å². The van der Waals surface area contributed by atoms with Crippen LogP contribution in [-0.4, -0.2) is 31.6 Å². The highest BCUT2D eigenvalue weighted by atomic mass is 35.5. The van der Waals surface area contributed by atoms with Gasteiger partial charge in [0, 0.05) is 16.3 Å². The Morgan fingerprint density at radius 1 is 1.10 bits per heavy atom. The molecular weight excluding hydrogens is 410 g/mol. The van der Waals surface area contributed by atoms with Crippen molar-refractivity contribution in [2.75, 3.05) is 11.4 Å². The van der Waals surface area contributed by atoms with Crippen molar-refractivity contribution in [1.82, 2.24) is 0 Å². The molecule has 1 unspecified atom stereocenters. The number of amidine groups is 1. The summed E-state index contributed by atoms with van der Waals surface area (Å²) in [6, 6.07) is 13.5.